The monoisotopic (exact) mass is 434 g/mol. The minimum atomic E-state index is 0.0469. The second-order valence-electron chi connectivity index (χ2n) is 9.08. The van der Waals surface area contributed by atoms with Crippen molar-refractivity contribution in [3.05, 3.63) is 41.6 Å². The van der Waals surface area contributed by atoms with Gasteiger partial charge in [-0.05, 0) is 38.1 Å². The Hall–Kier alpha value is -3.00. The number of nitrogens with one attached hydrogen (secondary N) is 1. The number of nitrogens with zero attached hydrogens (tertiary/aromatic N) is 5. The van der Waals surface area contributed by atoms with Gasteiger partial charge in [0, 0.05) is 55.2 Å². The number of carbonyl (C=O) groups is 2. The molecule has 0 spiro atoms. The molecule has 2 fully saturated rings. The number of fused-ring (bicyclic) bond motifs is 1. The second kappa shape index (κ2) is 8.86. The topological polar surface area (TPSA) is 81.7 Å². The Bertz CT molecular complexity index is 1010. The standard InChI is InChI=1S/C24H30N6O2/c1-28-10-12-29(13-11-28)23(32)17-6-5-7-19(14-17)26-24-25-16-18-15-21(31)30(22(18)27-24)20-8-3-2-4-9-20/h5-7,14,16,20H,2-4,8-13,15H2,1H3,(H,25,26,27). The van der Waals surface area contributed by atoms with Gasteiger partial charge < -0.3 is 15.1 Å². The molecular formula is C24H30N6O2. The van der Waals surface area contributed by atoms with Gasteiger partial charge in [0.05, 0.1) is 6.42 Å². The normalized spacial score (nSPS) is 19.8. The summed E-state index contributed by atoms with van der Waals surface area (Å²) in [4.78, 5) is 40.8. The molecule has 3 heterocycles. The average molecular weight is 435 g/mol. The molecule has 0 atom stereocenters. The van der Waals surface area contributed by atoms with Crippen molar-refractivity contribution in [1.82, 2.24) is 19.8 Å². The van der Waals surface area contributed by atoms with Crippen LogP contribution >= 0.6 is 0 Å². The maximum Gasteiger partial charge on any atom is 0.254 e. The number of hydrogen-bond acceptors (Lipinski definition) is 6. The van der Waals surface area contributed by atoms with Gasteiger partial charge >= 0.3 is 0 Å². The van der Waals surface area contributed by atoms with Crippen molar-refractivity contribution in [1.29, 1.82) is 0 Å². The minimum absolute atomic E-state index is 0.0469. The number of benzene rings is 1. The molecule has 1 aliphatic carbocycles. The molecule has 8 heteroatoms. The Morgan fingerprint density at radius 3 is 2.66 bits per heavy atom. The van der Waals surface area contributed by atoms with E-state index in [4.69, 9.17) is 4.98 Å². The van der Waals surface area contributed by atoms with E-state index in [0.29, 0.717) is 17.9 Å². The van der Waals surface area contributed by atoms with Crippen LogP contribution in [0, 0.1) is 0 Å². The lowest BCUT2D eigenvalue weighted by atomic mass is 9.94. The van der Waals surface area contributed by atoms with E-state index >= 15 is 0 Å². The predicted molar refractivity (Wildman–Crippen MR) is 123 cm³/mol. The van der Waals surface area contributed by atoms with Gasteiger partial charge in [0.1, 0.15) is 5.82 Å². The molecule has 2 aliphatic heterocycles. The van der Waals surface area contributed by atoms with E-state index in [-0.39, 0.29) is 17.9 Å². The zero-order valence-electron chi connectivity index (χ0n) is 18.6. The molecule has 3 aliphatic rings. The van der Waals surface area contributed by atoms with Crippen molar-refractivity contribution in [3.63, 3.8) is 0 Å². The Morgan fingerprint density at radius 1 is 1.09 bits per heavy atom. The minimum Gasteiger partial charge on any atom is -0.336 e. The molecule has 168 valence electrons. The first-order valence-electron chi connectivity index (χ1n) is 11.6. The fraction of sp³-hybridized carbons (Fsp3) is 0.500. The first kappa shape index (κ1) is 20.9. The molecule has 1 aromatic carbocycles. The molecule has 5 rings (SSSR count). The van der Waals surface area contributed by atoms with E-state index in [0.717, 1.165) is 68.9 Å². The number of amides is 2. The van der Waals surface area contributed by atoms with Crippen LogP contribution in [0.25, 0.3) is 0 Å². The van der Waals surface area contributed by atoms with Crippen molar-refractivity contribution in [2.24, 2.45) is 0 Å². The molecule has 0 unspecified atom stereocenters. The summed E-state index contributed by atoms with van der Waals surface area (Å²) < 4.78 is 0. The summed E-state index contributed by atoms with van der Waals surface area (Å²) in [6.45, 7) is 3.27. The van der Waals surface area contributed by atoms with E-state index in [1.165, 1.54) is 6.42 Å². The molecule has 2 amide bonds. The van der Waals surface area contributed by atoms with Gasteiger partial charge in [0.15, 0.2) is 0 Å². The van der Waals surface area contributed by atoms with Crippen molar-refractivity contribution < 1.29 is 9.59 Å². The van der Waals surface area contributed by atoms with Crippen LogP contribution in [-0.2, 0) is 11.2 Å². The molecule has 0 bridgehead atoms. The summed E-state index contributed by atoms with van der Waals surface area (Å²) in [6.07, 6.45) is 7.77. The molecular weight excluding hydrogens is 404 g/mol. The fourth-order valence-corrected chi connectivity index (χ4v) is 4.92. The zero-order chi connectivity index (χ0) is 22.1. The van der Waals surface area contributed by atoms with E-state index in [1.54, 1.807) is 6.20 Å². The van der Waals surface area contributed by atoms with E-state index in [9.17, 15) is 9.59 Å². The molecule has 1 aromatic heterocycles. The van der Waals surface area contributed by atoms with Crippen molar-refractivity contribution in [2.45, 2.75) is 44.6 Å². The maximum atomic E-state index is 12.9. The first-order chi connectivity index (χ1) is 15.6. The summed E-state index contributed by atoms with van der Waals surface area (Å²) in [5.74, 6) is 1.36. The van der Waals surface area contributed by atoms with E-state index in [1.807, 2.05) is 34.1 Å². The third kappa shape index (κ3) is 4.19. The highest BCUT2D eigenvalue weighted by Crippen LogP contribution is 2.34. The van der Waals surface area contributed by atoms with E-state index < -0.39 is 0 Å². The van der Waals surface area contributed by atoms with Gasteiger partial charge in [0.2, 0.25) is 11.9 Å². The van der Waals surface area contributed by atoms with Gasteiger partial charge in [-0.3, -0.25) is 14.5 Å². The summed E-state index contributed by atoms with van der Waals surface area (Å²) in [7, 11) is 2.08. The molecule has 8 nitrogen and oxygen atoms in total. The number of carbonyl (C=O) groups excluding carboxylic acids is 2. The van der Waals surface area contributed by atoms with Crippen LogP contribution in [-0.4, -0.2) is 70.9 Å². The van der Waals surface area contributed by atoms with Gasteiger partial charge in [-0.2, -0.15) is 4.98 Å². The van der Waals surface area contributed by atoms with Gasteiger partial charge in [-0.15, -0.1) is 0 Å². The van der Waals surface area contributed by atoms with Crippen LogP contribution < -0.4 is 10.2 Å². The summed E-state index contributed by atoms with van der Waals surface area (Å²) >= 11 is 0. The highest BCUT2D eigenvalue weighted by atomic mass is 16.2. The lowest BCUT2D eigenvalue weighted by molar-refractivity contribution is -0.118. The molecule has 1 saturated carbocycles. The van der Waals surface area contributed by atoms with Crippen LogP contribution in [0.15, 0.2) is 30.5 Å². The van der Waals surface area contributed by atoms with Crippen LogP contribution in [0.4, 0.5) is 17.5 Å². The summed E-state index contributed by atoms with van der Waals surface area (Å²) in [6, 6.07) is 7.71. The van der Waals surface area contributed by atoms with Crippen LogP contribution in [0.5, 0.6) is 0 Å². The maximum absolute atomic E-state index is 12.9. The zero-order valence-corrected chi connectivity index (χ0v) is 18.6. The molecule has 1 saturated heterocycles. The van der Waals surface area contributed by atoms with Crippen molar-refractivity contribution in [2.75, 3.05) is 43.4 Å². The molecule has 0 radical (unpaired) electrons. The molecule has 1 N–H and O–H groups in total. The van der Waals surface area contributed by atoms with Crippen LogP contribution in [0.3, 0.4) is 0 Å². The Kier molecular flexibility index (Phi) is 5.78. The highest BCUT2D eigenvalue weighted by Gasteiger charge is 2.35. The predicted octanol–water partition coefficient (Wildman–Crippen LogP) is 2.83. The average Bonchev–Trinajstić information content (AvgIpc) is 3.15. The molecule has 32 heavy (non-hydrogen) atoms. The number of aromatic nitrogens is 2. The van der Waals surface area contributed by atoms with Gasteiger partial charge in [-0.1, -0.05) is 25.3 Å². The quantitative estimate of drug-likeness (QED) is 0.797. The first-order valence-corrected chi connectivity index (χ1v) is 11.6. The Labute approximate surface area is 188 Å². The van der Waals surface area contributed by atoms with Gasteiger partial charge in [0.25, 0.3) is 5.91 Å². The third-order valence-corrected chi connectivity index (χ3v) is 6.78. The SMILES string of the molecule is CN1CCN(C(=O)c2cccc(Nc3ncc4c(n3)N(C3CCCCC3)C(=O)C4)c2)CC1. The fourth-order valence-electron chi connectivity index (χ4n) is 4.92. The third-order valence-electron chi connectivity index (χ3n) is 6.78. The largest absolute Gasteiger partial charge is 0.336 e. The molecule has 2 aromatic rings. The van der Waals surface area contributed by atoms with Gasteiger partial charge in [-0.25, -0.2) is 4.98 Å². The van der Waals surface area contributed by atoms with Crippen molar-refractivity contribution >= 4 is 29.3 Å². The number of piperazine rings is 1. The number of anilines is 3. The smallest absolute Gasteiger partial charge is 0.254 e. The summed E-state index contributed by atoms with van der Waals surface area (Å²) in [5, 5.41) is 3.24. The Balaban J connectivity index is 1.33. The Morgan fingerprint density at radius 2 is 1.88 bits per heavy atom. The number of hydrogen-bond donors (Lipinski definition) is 1. The number of likely N-dealkylation sites (N-methyl/N-ethyl adjacent to an activating group) is 1. The summed E-state index contributed by atoms with van der Waals surface area (Å²) in [5.41, 5.74) is 2.31. The lowest BCUT2D eigenvalue weighted by Gasteiger charge is -2.32. The van der Waals surface area contributed by atoms with Crippen LogP contribution in [0.2, 0.25) is 0 Å². The number of rotatable bonds is 4. The lowest BCUT2D eigenvalue weighted by Crippen LogP contribution is -2.47. The van der Waals surface area contributed by atoms with E-state index in [2.05, 4.69) is 22.2 Å². The highest BCUT2D eigenvalue weighted by molar-refractivity contribution is 6.01. The van der Waals surface area contributed by atoms with Crippen LogP contribution in [0.1, 0.15) is 48.0 Å². The second-order valence-corrected chi connectivity index (χ2v) is 9.08. The van der Waals surface area contributed by atoms with Crippen molar-refractivity contribution in [3.8, 4) is 0 Å².